The average molecular weight is 394 g/mol. The van der Waals surface area contributed by atoms with Crippen molar-refractivity contribution in [2.45, 2.75) is 25.2 Å². The molecule has 1 aliphatic carbocycles. The highest BCUT2D eigenvalue weighted by molar-refractivity contribution is 6.30. The number of anilines is 1. The molecule has 0 saturated heterocycles. The van der Waals surface area contributed by atoms with E-state index in [4.69, 9.17) is 11.6 Å². The van der Waals surface area contributed by atoms with E-state index in [2.05, 4.69) is 10.1 Å². The van der Waals surface area contributed by atoms with Gasteiger partial charge in [-0.3, -0.25) is 9.59 Å². The molecule has 0 spiro atoms. The Morgan fingerprint density at radius 3 is 2.31 bits per heavy atom. The fourth-order valence-corrected chi connectivity index (χ4v) is 2.60. The Morgan fingerprint density at radius 2 is 1.73 bits per heavy atom. The van der Waals surface area contributed by atoms with Crippen LogP contribution >= 0.6 is 11.6 Å². The molecule has 1 N–H and O–H groups in total. The Balaban J connectivity index is 2.02. The largest absolute Gasteiger partial charge is 0.459 e. The predicted molar refractivity (Wildman–Crippen MR) is 87.3 cm³/mol. The van der Waals surface area contributed by atoms with E-state index >= 15 is 0 Å². The molecule has 0 aromatic heterocycles. The predicted octanol–water partition coefficient (Wildman–Crippen LogP) is 4.30. The molecule has 2 atom stereocenters. The van der Waals surface area contributed by atoms with Crippen LogP contribution in [0.25, 0.3) is 0 Å². The van der Waals surface area contributed by atoms with Crippen LogP contribution in [-0.2, 0) is 14.3 Å². The van der Waals surface area contributed by atoms with Crippen LogP contribution in [0.5, 0.6) is 0 Å². The van der Waals surface area contributed by atoms with Crippen molar-refractivity contribution in [3.63, 3.8) is 0 Å². The van der Waals surface area contributed by atoms with E-state index in [1.807, 2.05) is 0 Å². The maximum atomic E-state index is 12.9. The lowest BCUT2D eigenvalue weighted by Gasteiger charge is -2.26. The van der Waals surface area contributed by atoms with Gasteiger partial charge in [0.1, 0.15) is 0 Å². The Labute approximate surface area is 152 Å². The Hall–Kier alpha value is -2.09. The molecule has 26 heavy (non-hydrogen) atoms. The van der Waals surface area contributed by atoms with Crippen LogP contribution in [-0.4, -0.2) is 30.8 Å². The Morgan fingerprint density at radius 1 is 1.15 bits per heavy atom. The minimum absolute atomic E-state index is 0.0950. The zero-order valence-electron chi connectivity index (χ0n) is 13.4. The van der Waals surface area contributed by atoms with Crippen LogP contribution in [0.1, 0.15) is 12.8 Å². The molecule has 0 bridgehead atoms. The number of esters is 1. The number of benzene rings is 1. The number of allylic oxidation sites excluding steroid dienone is 2. The second kappa shape index (κ2) is 8.53. The number of hydrogen-bond donors (Lipinski definition) is 1. The third-order valence-electron chi connectivity index (χ3n) is 3.91. The van der Waals surface area contributed by atoms with Gasteiger partial charge in [0, 0.05) is 10.7 Å². The standard InChI is InChI=1S/C17H16ClF4NO3/c18-10-5-7-11(8-6-10)23-14(24)12-3-1-2-4-13(12)15(25)26-9-17(21,22)16(19)20/h1-2,5-8,12-13,16H,3-4,9H2,(H,23,24)/t12-,13-/m0/s1. The average Bonchev–Trinajstić information content (AvgIpc) is 2.61. The molecule has 0 unspecified atom stereocenters. The van der Waals surface area contributed by atoms with Gasteiger partial charge in [0.05, 0.1) is 11.8 Å². The number of amides is 1. The van der Waals surface area contributed by atoms with Crippen molar-refractivity contribution in [2.24, 2.45) is 11.8 Å². The molecule has 142 valence electrons. The first kappa shape index (κ1) is 20.2. The first-order valence-corrected chi connectivity index (χ1v) is 8.12. The molecular weight excluding hydrogens is 378 g/mol. The Kier molecular flexibility index (Phi) is 6.63. The molecule has 1 aromatic rings. The van der Waals surface area contributed by atoms with Gasteiger partial charge in [-0.1, -0.05) is 23.8 Å². The van der Waals surface area contributed by atoms with Crippen molar-refractivity contribution in [1.29, 1.82) is 0 Å². The second-order valence-corrected chi connectivity index (χ2v) is 6.26. The normalized spacial score (nSPS) is 20.1. The van der Waals surface area contributed by atoms with Crippen LogP contribution in [0.15, 0.2) is 36.4 Å². The minimum atomic E-state index is -4.43. The molecule has 2 rings (SSSR count). The highest BCUT2D eigenvalue weighted by atomic mass is 35.5. The van der Waals surface area contributed by atoms with Crippen LogP contribution in [0.2, 0.25) is 5.02 Å². The van der Waals surface area contributed by atoms with Crippen molar-refractivity contribution in [1.82, 2.24) is 0 Å². The van der Waals surface area contributed by atoms with E-state index < -0.39 is 42.7 Å². The summed E-state index contributed by atoms with van der Waals surface area (Å²) in [6.07, 6.45) is -0.347. The highest BCUT2D eigenvalue weighted by Crippen LogP contribution is 2.30. The molecule has 0 aliphatic heterocycles. The van der Waals surface area contributed by atoms with Crippen molar-refractivity contribution < 1.29 is 31.9 Å². The fraction of sp³-hybridized carbons (Fsp3) is 0.412. The lowest BCUT2D eigenvalue weighted by atomic mass is 9.82. The number of halogens is 5. The quantitative estimate of drug-likeness (QED) is 0.445. The molecule has 0 heterocycles. The maximum Gasteiger partial charge on any atom is 0.340 e. The molecule has 1 amide bonds. The van der Waals surface area contributed by atoms with E-state index in [9.17, 15) is 27.2 Å². The Bertz CT molecular complexity index is 679. The number of alkyl halides is 4. The zero-order chi connectivity index (χ0) is 19.3. The summed E-state index contributed by atoms with van der Waals surface area (Å²) in [5.41, 5.74) is 0.449. The van der Waals surface area contributed by atoms with Gasteiger partial charge in [-0.25, -0.2) is 8.78 Å². The summed E-state index contributed by atoms with van der Waals surface area (Å²) < 4.78 is 54.5. The van der Waals surface area contributed by atoms with Crippen molar-refractivity contribution in [3.8, 4) is 0 Å². The van der Waals surface area contributed by atoms with E-state index in [1.54, 1.807) is 36.4 Å². The van der Waals surface area contributed by atoms with E-state index in [0.717, 1.165) is 0 Å². The summed E-state index contributed by atoms with van der Waals surface area (Å²) in [7, 11) is 0. The number of carbonyl (C=O) groups excluding carboxylic acids is 2. The molecule has 4 nitrogen and oxygen atoms in total. The van der Waals surface area contributed by atoms with Crippen LogP contribution in [0.4, 0.5) is 23.2 Å². The summed E-state index contributed by atoms with van der Waals surface area (Å²) >= 11 is 5.76. The van der Waals surface area contributed by atoms with E-state index in [-0.39, 0.29) is 12.8 Å². The van der Waals surface area contributed by atoms with Crippen LogP contribution < -0.4 is 5.32 Å². The van der Waals surface area contributed by atoms with Gasteiger partial charge in [0.2, 0.25) is 5.91 Å². The van der Waals surface area contributed by atoms with Gasteiger partial charge >= 0.3 is 18.3 Å². The number of nitrogens with one attached hydrogen (secondary N) is 1. The van der Waals surface area contributed by atoms with Gasteiger partial charge in [-0.05, 0) is 37.1 Å². The molecule has 0 fully saturated rings. The van der Waals surface area contributed by atoms with Crippen molar-refractivity contribution in [2.75, 3.05) is 11.9 Å². The summed E-state index contributed by atoms with van der Waals surface area (Å²) in [6, 6.07) is 6.26. The topological polar surface area (TPSA) is 55.4 Å². The molecule has 1 aliphatic rings. The van der Waals surface area contributed by atoms with Crippen LogP contribution in [0, 0.1) is 11.8 Å². The van der Waals surface area contributed by atoms with Crippen molar-refractivity contribution >= 4 is 29.2 Å². The molecule has 1 aromatic carbocycles. The highest BCUT2D eigenvalue weighted by Gasteiger charge is 2.43. The number of rotatable bonds is 6. The van der Waals surface area contributed by atoms with E-state index in [0.29, 0.717) is 10.7 Å². The van der Waals surface area contributed by atoms with Crippen molar-refractivity contribution in [3.05, 3.63) is 41.4 Å². The van der Waals surface area contributed by atoms with Gasteiger partial charge < -0.3 is 10.1 Å². The van der Waals surface area contributed by atoms with Gasteiger partial charge in [0.15, 0.2) is 6.61 Å². The SMILES string of the molecule is O=C(Nc1ccc(Cl)cc1)[C@H]1CC=CC[C@@H]1C(=O)OCC(F)(F)C(F)F. The van der Waals surface area contributed by atoms with E-state index in [1.165, 1.54) is 0 Å². The molecule has 0 radical (unpaired) electrons. The molecule has 0 saturated carbocycles. The number of carbonyl (C=O) groups is 2. The summed E-state index contributed by atoms with van der Waals surface area (Å²) in [6.45, 7) is -1.73. The van der Waals surface area contributed by atoms with Crippen LogP contribution in [0.3, 0.4) is 0 Å². The first-order chi connectivity index (χ1) is 12.2. The lowest BCUT2D eigenvalue weighted by molar-refractivity contribution is -0.184. The third-order valence-corrected chi connectivity index (χ3v) is 4.16. The maximum absolute atomic E-state index is 12.9. The monoisotopic (exact) mass is 393 g/mol. The molecule has 9 heteroatoms. The second-order valence-electron chi connectivity index (χ2n) is 5.82. The van der Waals surface area contributed by atoms with Gasteiger partial charge in [-0.2, -0.15) is 8.78 Å². The lowest BCUT2D eigenvalue weighted by Crippen LogP contribution is -2.39. The van der Waals surface area contributed by atoms with Gasteiger partial charge in [-0.15, -0.1) is 0 Å². The van der Waals surface area contributed by atoms with Gasteiger partial charge in [0.25, 0.3) is 0 Å². The summed E-state index contributed by atoms with van der Waals surface area (Å²) in [4.78, 5) is 24.5. The smallest absolute Gasteiger partial charge is 0.340 e. The zero-order valence-corrected chi connectivity index (χ0v) is 14.2. The fourth-order valence-electron chi connectivity index (χ4n) is 2.47. The number of hydrogen-bond acceptors (Lipinski definition) is 3. The summed E-state index contributed by atoms with van der Waals surface area (Å²) in [5.74, 6) is -7.92. The molecular formula is C17H16ClF4NO3. The third kappa shape index (κ3) is 5.20. The summed E-state index contributed by atoms with van der Waals surface area (Å²) in [5, 5.41) is 3.08. The first-order valence-electron chi connectivity index (χ1n) is 7.75. The minimum Gasteiger partial charge on any atom is -0.459 e. The number of ether oxygens (including phenoxy) is 1.